The van der Waals surface area contributed by atoms with Gasteiger partial charge >= 0.3 is 0 Å². The quantitative estimate of drug-likeness (QED) is 0.809. The van der Waals surface area contributed by atoms with Gasteiger partial charge in [0.25, 0.3) is 0 Å². The molecule has 0 bridgehead atoms. The summed E-state index contributed by atoms with van der Waals surface area (Å²) in [4.78, 5) is 0. The summed E-state index contributed by atoms with van der Waals surface area (Å²) in [5.74, 6) is 0.820. The maximum absolute atomic E-state index is 4.12. The van der Waals surface area contributed by atoms with Gasteiger partial charge in [-0.25, -0.2) is 4.68 Å². The Morgan fingerprint density at radius 1 is 1.47 bits per heavy atom. The van der Waals surface area contributed by atoms with Crippen molar-refractivity contribution in [2.45, 2.75) is 39.2 Å². The van der Waals surface area contributed by atoms with E-state index in [1.165, 1.54) is 31.6 Å². The molecule has 1 fully saturated rings. The molecule has 1 aromatic heterocycles. The summed E-state index contributed by atoms with van der Waals surface area (Å²) in [5, 5.41) is 11.5. The van der Waals surface area contributed by atoms with Gasteiger partial charge in [0, 0.05) is 6.54 Å². The molecular weight excluding hydrogens is 188 g/mol. The summed E-state index contributed by atoms with van der Waals surface area (Å²) in [7, 11) is 0. The van der Waals surface area contributed by atoms with Crippen LogP contribution in [0.2, 0.25) is 0 Å². The van der Waals surface area contributed by atoms with E-state index in [1.807, 2.05) is 6.20 Å². The molecule has 0 saturated carbocycles. The average molecular weight is 208 g/mol. The Morgan fingerprint density at radius 3 is 3.00 bits per heavy atom. The molecule has 2 rings (SSSR count). The van der Waals surface area contributed by atoms with Crippen LogP contribution < -0.4 is 5.32 Å². The van der Waals surface area contributed by atoms with Crippen molar-refractivity contribution in [3.63, 3.8) is 0 Å². The highest BCUT2D eigenvalue weighted by Gasteiger charge is 2.15. The van der Waals surface area contributed by atoms with Gasteiger partial charge in [-0.2, -0.15) is 0 Å². The molecule has 1 aliphatic heterocycles. The summed E-state index contributed by atoms with van der Waals surface area (Å²) >= 11 is 0. The molecule has 0 unspecified atom stereocenters. The summed E-state index contributed by atoms with van der Waals surface area (Å²) in [6, 6.07) is 0. The first-order chi connectivity index (χ1) is 7.40. The van der Waals surface area contributed by atoms with Gasteiger partial charge in [-0.3, -0.25) is 0 Å². The van der Waals surface area contributed by atoms with Crippen LogP contribution in [-0.4, -0.2) is 28.1 Å². The number of nitrogens with zero attached hydrogens (tertiary/aromatic N) is 3. The molecule has 0 radical (unpaired) electrons. The number of aromatic nitrogens is 3. The van der Waals surface area contributed by atoms with Crippen LogP contribution in [0.4, 0.5) is 0 Å². The lowest BCUT2D eigenvalue weighted by Crippen LogP contribution is -2.29. The topological polar surface area (TPSA) is 42.7 Å². The fourth-order valence-electron chi connectivity index (χ4n) is 2.22. The van der Waals surface area contributed by atoms with Crippen molar-refractivity contribution in [1.82, 2.24) is 20.3 Å². The molecule has 0 atom stereocenters. The molecular formula is C11H20N4. The van der Waals surface area contributed by atoms with Gasteiger partial charge in [0.05, 0.1) is 11.9 Å². The van der Waals surface area contributed by atoms with Crippen LogP contribution in [0.3, 0.4) is 0 Å². The highest BCUT2D eigenvalue weighted by atomic mass is 15.4. The lowest BCUT2D eigenvalue weighted by atomic mass is 9.93. The second kappa shape index (κ2) is 5.26. The van der Waals surface area contributed by atoms with E-state index in [0.717, 1.165) is 25.3 Å². The average Bonchev–Trinajstić information content (AvgIpc) is 2.68. The van der Waals surface area contributed by atoms with Crippen LogP contribution in [0.25, 0.3) is 0 Å². The zero-order valence-electron chi connectivity index (χ0n) is 9.45. The SMILES string of the molecule is CCCn1nncc1CC1CCNCC1. The molecule has 1 N–H and O–H groups in total. The van der Waals surface area contributed by atoms with Gasteiger partial charge in [-0.1, -0.05) is 12.1 Å². The van der Waals surface area contributed by atoms with Crippen molar-refractivity contribution in [2.75, 3.05) is 13.1 Å². The Morgan fingerprint density at radius 2 is 2.27 bits per heavy atom. The standard InChI is InChI=1S/C11H20N4/c1-2-7-15-11(9-13-14-15)8-10-3-5-12-6-4-10/h9-10,12H,2-8H2,1H3. The smallest absolute Gasteiger partial charge is 0.0725 e. The fourth-order valence-corrected chi connectivity index (χ4v) is 2.22. The first kappa shape index (κ1) is 10.6. The number of piperidine rings is 1. The predicted octanol–water partition coefficient (Wildman–Crippen LogP) is 1.23. The molecule has 0 aliphatic carbocycles. The first-order valence-corrected chi connectivity index (χ1v) is 5.98. The number of nitrogens with one attached hydrogen (secondary N) is 1. The van der Waals surface area contributed by atoms with E-state index in [-0.39, 0.29) is 0 Å². The Bertz CT molecular complexity index is 289. The van der Waals surface area contributed by atoms with Crippen molar-refractivity contribution in [3.05, 3.63) is 11.9 Å². The third-order valence-corrected chi connectivity index (χ3v) is 3.09. The molecule has 15 heavy (non-hydrogen) atoms. The Labute approximate surface area is 91.1 Å². The molecule has 84 valence electrons. The maximum Gasteiger partial charge on any atom is 0.0725 e. The zero-order valence-corrected chi connectivity index (χ0v) is 9.45. The van der Waals surface area contributed by atoms with Gasteiger partial charge in [0.2, 0.25) is 0 Å². The Balaban J connectivity index is 1.93. The fraction of sp³-hybridized carbons (Fsp3) is 0.818. The van der Waals surface area contributed by atoms with E-state index in [1.54, 1.807) is 0 Å². The molecule has 0 aromatic carbocycles. The van der Waals surface area contributed by atoms with E-state index in [0.29, 0.717) is 0 Å². The molecule has 1 aromatic rings. The van der Waals surface area contributed by atoms with Crippen LogP contribution >= 0.6 is 0 Å². The highest BCUT2D eigenvalue weighted by Crippen LogP contribution is 2.17. The van der Waals surface area contributed by atoms with Gasteiger partial charge in [0.1, 0.15) is 0 Å². The summed E-state index contributed by atoms with van der Waals surface area (Å²) in [5.41, 5.74) is 1.31. The Kier molecular flexibility index (Phi) is 3.72. The van der Waals surface area contributed by atoms with Crippen LogP contribution in [0.5, 0.6) is 0 Å². The summed E-state index contributed by atoms with van der Waals surface area (Å²) in [6.45, 7) is 5.51. The van der Waals surface area contributed by atoms with Gasteiger partial charge in [-0.05, 0) is 44.7 Å². The molecule has 0 spiro atoms. The molecule has 1 saturated heterocycles. The van der Waals surface area contributed by atoms with Crippen LogP contribution in [0, 0.1) is 5.92 Å². The van der Waals surface area contributed by atoms with Gasteiger partial charge in [-0.15, -0.1) is 5.10 Å². The number of hydrogen-bond donors (Lipinski definition) is 1. The number of aryl methyl sites for hydroxylation is 1. The Hall–Kier alpha value is -0.900. The summed E-state index contributed by atoms with van der Waals surface area (Å²) < 4.78 is 2.06. The zero-order chi connectivity index (χ0) is 10.5. The largest absolute Gasteiger partial charge is 0.317 e. The van der Waals surface area contributed by atoms with Gasteiger partial charge < -0.3 is 5.32 Å². The van der Waals surface area contributed by atoms with E-state index >= 15 is 0 Å². The van der Waals surface area contributed by atoms with Crippen LogP contribution in [-0.2, 0) is 13.0 Å². The van der Waals surface area contributed by atoms with E-state index in [9.17, 15) is 0 Å². The van der Waals surface area contributed by atoms with E-state index < -0.39 is 0 Å². The molecule has 4 heteroatoms. The van der Waals surface area contributed by atoms with Crippen molar-refractivity contribution >= 4 is 0 Å². The van der Waals surface area contributed by atoms with Crippen LogP contribution in [0.15, 0.2) is 6.20 Å². The lowest BCUT2D eigenvalue weighted by molar-refractivity contribution is 0.363. The van der Waals surface area contributed by atoms with Crippen molar-refractivity contribution < 1.29 is 0 Å². The summed E-state index contributed by atoms with van der Waals surface area (Å²) in [6.07, 6.45) is 6.78. The number of rotatable bonds is 4. The third-order valence-electron chi connectivity index (χ3n) is 3.09. The number of hydrogen-bond acceptors (Lipinski definition) is 3. The van der Waals surface area contributed by atoms with E-state index in [4.69, 9.17) is 0 Å². The molecule has 2 heterocycles. The monoisotopic (exact) mass is 208 g/mol. The molecule has 1 aliphatic rings. The van der Waals surface area contributed by atoms with Crippen molar-refractivity contribution in [3.8, 4) is 0 Å². The van der Waals surface area contributed by atoms with Crippen LogP contribution in [0.1, 0.15) is 31.9 Å². The third kappa shape index (κ3) is 2.78. The van der Waals surface area contributed by atoms with Gasteiger partial charge in [0.15, 0.2) is 0 Å². The van der Waals surface area contributed by atoms with E-state index in [2.05, 4.69) is 27.2 Å². The highest BCUT2D eigenvalue weighted by molar-refractivity contribution is 4.96. The first-order valence-electron chi connectivity index (χ1n) is 5.98. The minimum atomic E-state index is 0.820. The second-order valence-corrected chi connectivity index (χ2v) is 4.35. The van der Waals surface area contributed by atoms with Crippen molar-refractivity contribution in [2.24, 2.45) is 5.92 Å². The minimum absolute atomic E-state index is 0.820. The normalized spacial score (nSPS) is 18.2. The second-order valence-electron chi connectivity index (χ2n) is 4.35. The predicted molar refractivity (Wildman–Crippen MR) is 59.6 cm³/mol. The molecule has 4 nitrogen and oxygen atoms in total. The lowest BCUT2D eigenvalue weighted by Gasteiger charge is -2.22. The minimum Gasteiger partial charge on any atom is -0.317 e. The van der Waals surface area contributed by atoms with Crippen molar-refractivity contribution in [1.29, 1.82) is 0 Å². The molecule has 0 amide bonds. The maximum atomic E-state index is 4.12.